The number of benzene rings is 1. The van der Waals surface area contributed by atoms with Gasteiger partial charge >= 0.3 is 0 Å². The van der Waals surface area contributed by atoms with Gasteiger partial charge in [-0.1, -0.05) is 17.7 Å². The van der Waals surface area contributed by atoms with Gasteiger partial charge in [0.15, 0.2) is 0 Å². The number of anilines is 1. The van der Waals surface area contributed by atoms with Gasteiger partial charge in [-0.3, -0.25) is 9.97 Å². The molecule has 3 aromatic rings. The fourth-order valence-electron chi connectivity index (χ4n) is 2.38. The van der Waals surface area contributed by atoms with E-state index in [1.165, 1.54) is 0 Å². The Morgan fingerprint density at radius 2 is 1.96 bits per heavy atom. The van der Waals surface area contributed by atoms with Crippen molar-refractivity contribution in [1.82, 2.24) is 9.97 Å². The second-order valence-electron chi connectivity index (χ2n) is 5.30. The lowest BCUT2D eigenvalue weighted by atomic mass is 10.1. The summed E-state index contributed by atoms with van der Waals surface area (Å²) in [5.41, 5.74) is 8.86. The number of nitrogen functional groups attached to an aromatic ring is 1. The van der Waals surface area contributed by atoms with Crippen LogP contribution in [0.15, 0.2) is 54.9 Å². The number of rotatable bonds is 5. The van der Waals surface area contributed by atoms with Crippen LogP contribution in [0.5, 0.6) is 5.75 Å². The van der Waals surface area contributed by atoms with Crippen molar-refractivity contribution in [2.45, 2.75) is 6.42 Å². The number of nitrogens with zero attached hydrogens (tertiary/aromatic N) is 3. The van der Waals surface area contributed by atoms with E-state index in [2.05, 4.69) is 16.0 Å². The van der Waals surface area contributed by atoms with Gasteiger partial charge in [0.25, 0.3) is 0 Å². The topological polar surface area (TPSA) is 84.8 Å². The van der Waals surface area contributed by atoms with Crippen LogP contribution in [-0.2, 0) is 6.42 Å². The van der Waals surface area contributed by atoms with Crippen molar-refractivity contribution in [1.29, 1.82) is 5.26 Å². The first-order valence-electron chi connectivity index (χ1n) is 7.66. The van der Waals surface area contributed by atoms with Crippen molar-refractivity contribution in [2.75, 3.05) is 12.3 Å². The largest absolute Gasteiger partial charge is 0.491 e. The predicted octanol–water partition coefficient (Wildman–Crippen LogP) is 3.87. The normalized spacial score (nSPS) is 10.2. The average Bonchev–Trinajstić information content (AvgIpc) is 2.64. The molecule has 0 saturated heterocycles. The SMILES string of the molecule is N#Cc1cc(-c2ncccc2Cl)cc(OCCc2ccccn2)c1N. The van der Waals surface area contributed by atoms with Crippen LogP contribution < -0.4 is 10.5 Å². The summed E-state index contributed by atoms with van der Waals surface area (Å²) in [5, 5.41) is 9.83. The fraction of sp³-hybridized carbons (Fsp3) is 0.105. The van der Waals surface area contributed by atoms with E-state index < -0.39 is 0 Å². The molecule has 0 atom stereocenters. The summed E-state index contributed by atoms with van der Waals surface area (Å²) in [6, 6.07) is 14.7. The van der Waals surface area contributed by atoms with E-state index >= 15 is 0 Å². The number of hydrogen-bond donors (Lipinski definition) is 1. The number of nitrogens with two attached hydrogens (primary N) is 1. The monoisotopic (exact) mass is 350 g/mol. The molecule has 0 spiro atoms. The van der Waals surface area contributed by atoms with Crippen LogP contribution in [0.25, 0.3) is 11.3 Å². The van der Waals surface area contributed by atoms with Gasteiger partial charge in [-0.25, -0.2) is 0 Å². The van der Waals surface area contributed by atoms with E-state index in [1.54, 1.807) is 36.7 Å². The van der Waals surface area contributed by atoms with Crippen molar-refractivity contribution >= 4 is 17.3 Å². The molecule has 0 aliphatic carbocycles. The van der Waals surface area contributed by atoms with E-state index in [4.69, 9.17) is 22.1 Å². The molecule has 0 fully saturated rings. The van der Waals surface area contributed by atoms with Crippen LogP contribution in [0.2, 0.25) is 5.02 Å². The summed E-state index contributed by atoms with van der Waals surface area (Å²) in [4.78, 5) is 8.53. The molecule has 1 aromatic carbocycles. The van der Waals surface area contributed by atoms with Gasteiger partial charge in [-0.05, 0) is 36.4 Å². The summed E-state index contributed by atoms with van der Waals surface area (Å²) >= 11 is 6.21. The summed E-state index contributed by atoms with van der Waals surface area (Å²) < 4.78 is 5.80. The highest BCUT2D eigenvalue weighted by Gasteiger charge is 2.13. The van der Waals surface area contributed by atoms with Crippen LogP contribution in [0, 0.1) is 11.3 Å². The zero-order chi connectivity index (χ0) is 17.6. The van der Waals surface area contributed by atoms with Gasteiger partial charge in [-0.15, -0.1) is 0 Å². The first-order chi connectivity index (χ1) is 12.2. The van der Waals surface area contributed by atoms with Gasteiger partial charge in [-0.2, -0.15) is 5.26 Å². The minimum Gasteiger partial charge on any atom is -0.491 e. The fourth-order valence-corrected chi connectivity index (χ4v) is 2.62. The van der Waals surface area contributed by atoms with Crippen LogP contribution in [0.3, 0.4) is 0 Å². The first-order valence-corrected chi connectivity index (χ1v) is 8.04. The third-order valence-electron chi connectivity index (χ3n) is 3.64. The lowest BCUT2D eigenvalue weighted by Gasteiger charge is -2.12. The molecule has 0 amide bonds. The number of aromatic nitrogens is 2. The van der Waals surface area contributed by atoms with E-state index in [0.717, 1.165) is 5.69 Å². The molecule has 124 valence electrons. The Hall–Kier alpha value is -3.10. The van der Waals surface area contributed by atoms with Crippen molar-refractivity contribution in [3.05, 3.63) is 71.1 Å². The molecule has 2 heterocycles. The number of nitriles is 1. The third-order valence-corrected chi connectivity index (χ3v) is 3.94. The summed E-state index contributed by atoms with van der Waals surface area (Å²) in [7, 11) is 0. The first kappa shape index (κ1) is 16.7. The van der Waals surface area contributed by atoms with Crippen LogP contribution in [0.4, 0.5) is 5.69 Å². The number of hydrogen-bond acceptors (Lipinski definition) is 5. The Bertz CT molecular complexity index is 922. The molecule has 2 N–H and O–H groups in total. The van der Waals surface area contributed by atoms with Gasteiger partial charge < -0.3 is 10.5 Å². The molecule has 0 bridgehead atoms. The summed E-state index contributed by atoms with van der Waals surface area (Å²) in [6.07, 6.45) is 4.02. The minimum absolute atomic E-state index is 0.305. The van der Waals surface area contributed by atoms with Crippen LogP contribution >= 0.6 is 11.6 Å². The number of pyridine rings is 2. The minimum atomic E-state index is 0.305. The van der Waals surface area contributed by atoms with Gasteiger partial charge in [0.05, 0.1) is 28.6 Å². The van der Waals surface area contributed by atoms with Gasteiger partial charge in [0, 0.05) is 30.1 Å². The molecule has 0 aliphatic heterocycles. The molecular formula is C19H15ClN4O. The molecule has 0 saturated carbocycles. The lowest BCUT2D eigenvalue weighted by molar-refractivity contribution is 0.322. The molecule has 0 radical (unpaired) electrons. The highest BCUT2D eigenvalue weighted by atomic mass is 35.5. The van der Waals surface area contributed by atoms with Gasteiger partial charge in [0.1, 0.15) is 11.8 Å². The molecule has 3 rings (SSSR count). The predicted molar refractivity (Wildman–Crippen MR) is 97.2 cm³/mol. The Morgan fingerprint density at radius 3 is 2.68 bits per heavy atom. The van der Waals surface area contributed by atoms with Gasteiger partial charge in [0.2, 0.25) is 0 Å². The maximum atomic E-state index is 9.34. The van der Waals surface area contributed by atoms with Crippen molar-refractivity contribution < 1.29 is 4.74 Å². The Labute approximate surface area is 150 Å². The maximum Gasteiger partial charge on any atom is 0.144 e. The Balaban J connectivity index is 1.87. The van der Waals surface area contributed by atoms with Crippen molar-refractivity contribution in [2.24, 2.45) is 0 Å². The second-order valence-corrected chi connectivity index (χ2v) is 5.71. The average molecular weight is 351 g/mol. The smallest absolute Gasteiger partial charge is 0.144 e. The molecule has 0 aliphatic rings. The van der Waals surface area contributed by atoms with E-state index in [0.29, 0.717) is 46.3 Å². The molecule has 0 unspecified atom stereocenters. The molecule has 5 nitrogen and oxygen atoms in total. The molecular weight excluding hydrogens is 336 g/mol. The number of ether oxygens (including phenoxy) is 1. The van der Waals surface area contributed by atoms with Crippen LogP contribution in [0.1, 0.15) is 11.3 Å². The second kappa shape index (κ2) is 7.65. The number of halogens is 1. The van der Waals surface area contributed by atoms with Crippen molar-refractivity contribution in [3.8, 4) is 23.1 Å². The zero-order valence-electron chi connectivity index (χ0n) is 13.3. The van der Waals surface area contributed by atoms with Crippen LogP contribution in [-0.4, -0.2) is 16.6 Å². The highest BCUT2D eigenvalue weighted by Crippen LogP contribution is 2.34. The standard InChI is InChI=1S/C19H15ClN4O/c20-16-5-3-8-24-19(16)13-10-14(12-21)18(22)17(11-13)25-9-6-15-4-1-2-7-23-15/h1-5,7-8,10-11H,6,9,22H2. The summed E-state index contributed by atoms with van der Waals surface area (Å²) in [5.74, 6) is 0.437. The molecule has 6 heteroatoms. The van der Waals surface area contributed by atoms with E-state index in [-0.39, 0.29) is 0 Å². The molecule has 2 aromatic heterocycles. The van der Waals surface area contributed by atoms with E-state index in [1.807, 2.05) is 18.2 Å². The summed E-state index contributed by atoms with van der Waals surface area (Å²) in [6.45, 7) is 0.394. The Kier molecular flexibility index (Phi) is 5.12. The third kappa shape index (κ3) is 3.87. The Morgan fingerprint density at radius 1 is 1.12 bits per heavy atom. The maximum absolute atomic E-state index is 9.34. The lowest BCUT2D eigenvalue weighted by Crippen LogP contribution is -2.06. The quantitative estimate of drug-likeness (QED) is 0.706. The van der Waals surface area contributed by atoms with E-state index in [9.17, 15) is 5.26 Å². The molecule has 25 heavy (non-hydrogen) atoms. The highest BCUT2D eigenvalue weighted by molar-refractivity contribution is 6.33. The zero-order valence-corrected chi connectivity index (χ0v) is 14.1. The van der Waals surface area contributed by atoms with Crippen molar-refractivity contribution in [3.63, 3.8) is 0 Å².